The second kappa shape index (κ2) is 5.68. The summed E-state index contributed by atoms with van der Waals surface area (Å²) >= 11 is 0. The third-order valence-electron chi connectivity index (χ3n) is 2.70. The van der Waals surface area contributed by atoms with Gasteiger partial charge in [0.05, 0.1) is 19.5 Å². The quantitative estimate of drug-likeness (QED) is 0.870. The van der Waals surface area contributed by atoms with Crippen molar-refractivity contribution in [3.8, 4) is 0 Å². The Kier molecular flexibility index (Phi) is 3.97. The Bertz CT molecular complexity index is 641. The fraction of sp³-hybridized carbons (Fsp3) is 0.231. The molecule has 7 heteroatoms. The number of esters is 1. The zero-order valence-corrected chi connectivity index (χ0v) is 10.8. The number of carbonyl (C=O) groups is 1. The molecule has 1 heterocycles. The lowest BCUT2D eigenvalue weighted by Gasteiger charge is -2.07. The Morgan fingerprint density at radius 1 is 1.45 bits per heavy atom. The Balaban J connectivity index is 2.24. The first-order valence-electron chi connectivity index (χ1n) is 5.94. The van der Waals surface area contributed by atoms with Gasteiger partial charge in [0.15, 0.2) is 5.69 Å². The predicted octanol–water partition coefficient (Wildman–Crippen LogP) is 1.97. The van der Waals surface area contributed by atoms with Gasteiger partial charge < -0.3 is 15.0 Å². The number of benzene rings is 1. The maximum atomic E-state index is 13.5. The average molecular weight is 281 g/mol. The van der Waals surface area contributed by atoms with E-state index >= 15 is 0 Å². The molecule has 1 aromatic carbocycles. The Hall–Kier alpha value is -2.44. The van der Waals surface area contributed by atoms with Gasteiger partial charge in [-0.05, 0) is 13.0 Å². The number of nitrogens with zero attached hydrogens (tertiary/aromatic N) is 2. The van der Waals surface area contributed by atoms with Crippen LogP contribution in [0.15, 0.2) is 24.5 Å². The molecule has 1 aromatic heterocycles. The van der Waals surface area contributed by atoms with Gasteiger partial charge >= 0.3 is 5.97 Å². The SMILES string of the molecule is CCOC(=O)c1ncn(Cc2ccc(F)cc2F)c1N. The van der Waals surface area contributed by atoms with E-state index in [2.05, 4.69) is 4.98 Å². The van der Waals surface area contributed by atoms with Gasteiger partial charge in [-0.3, -0.25) is 0 Å². The molecule has 0 fully saturated rings. The van der Waals surface area contributed by atoms with Gasteiger partial charge in [0.25, 0.3) is 0 Å². The lowest BCUT2D eigenvalue weighted by molar-refractivity contribution is 0.0521. The molecular weight excluding hydrogens is 268 g/mol. The van der Waals surface area contributed by atoms with Gasteiger partial charge in [0.2, 0.25) is 0 Å². The van der Waals surface area contributed by atoms with Crippen LogP contribution < -0.4 is 5.73 Å². The monoisotopic (exact) mass is 281 g/mol. The molecule has 0 unspecified atom stereocenters. The highest BCUT2D eigenvalue weighted by molar-refractivity contribution is 5.92. The van der Waals surface area contributed by atoms with Crippen molar-refractivity contribution in [2.24, 2.45) is 0 Å². The molecule has 2 aromatic rings. The summed E-state index contributed by atoms with van der Waals surface area (Å²) in [6.07, 6.45) is 1.31. The molecule has 0 bridgehead atoms. The van der Waals surface area contributed by atoms with Gasteiger partial charge in [-0.1, -0.05) is 6.07 Å². The second-order valence-electron chi connectivity index (χ2n) is 4.06. The van der Waals surface area contributed by atoms with Crippen LogP contribution in [0.1, 0.15) is 23.0 Å². The number of halogens is 2. The van der Waals surface area contributed by atoms with E-state index < -0.39 is 17.6 Å². The van der Waals surface area contributed by atoms with Crippen LogP contribution in [0.5, 0.6) is 0 Å². The molecule has 5 nitrogen and oxygen atoms in total. The molecule has 106 valence electrons. The standard InChI is InChI=1S/C13H13F2N3O2/c1-2-20-13(19)11-12(16)18(7-17-11)6-8-3-4-9(14)5-10(8)15/h3-5,7H,2,6,16H2,1H3. The maximum Gasteiger partial charge on any atom is 0.360 e. The lowest BCUT2D eigenvalue weighted by atomic mass is 10.2. The largest absolute Gasteiger partial charge is 0.461 e. The summed E-state index contributed by atoms with van der Waals surface area (Å²) in [6.45, 7) is 1.92. The summed E-state index contributed by atoms with van der Waals surface area (Å²) in [6, 6.07) is 3.25. The Morgan fingerprint density at radius 3 is 2.85 bits per heavy atom. The lowest BCUT2D eigenvalue weighted by Crippen LogP contribution is -2.10. The number of rotatable bonds is 4. The number of nitrogens with two attached hydrogens (primary N) is 1. The topological polar surface area (TPSA) is 70.1 Å². The number of aromatic nitrogens is 2. The molecule has 2 rings (SSSR count). The van der Waals surface area contributed by atoms with E-state index in [1.165, 1.54) is 17.0 Å². The summed E-state index contributed by atoms with van der Waals surface area (Å²) in [5.74, 6) is -1.90. The molecule has 0 saturated heterocycles. The van der Waals surface area contributed by atoms with Crippen molar-refractivity contribution in [3.05, 3.63) is 47.4 Å². The van der Waals surface area contributed by atoms with Gasteiger partial charge in [-0.25, -0.2) is 18.6 Å². The van der Waals surface area contributed by atoms with Crippen LogP contribution in [0, 0.1) is 11.6 Å². The molecule has 0 spiro atoms. The fourth-order valence-electron chi connectivity index (χ4n) is 1.71. The van der Waals surface area contributed by atoms with Crippen molar-refractivity contribution in [1.29, 1.82) is 0 Å². The van der Waals surface area contributed by atoms with E-state index in [-0.39, 0.29) is 30.2 Å². The fourth-order valence-corrected chi connectivity index (χ4v) is 1.71. The third-order valence-corrected chi connectivity index (χ3v) is 2.70. The number of ether oxygens (including phenoxy) is 1. The number of imidazole rings is 1. The summed E-state index contributed by atoms with van der Waals surface area (Å²) in [5.41, 5.74) is 5.99. The second-order valence-corrected chi connectivity index (χ2v) is 4.06. The molecule has 0 aliphatic rings. The minimum absolute atomic E-state index is 0.0191. The predicted molar refractivity (Wildman–Crippen MR) is 68.1 cm³/mol. The molecule has 0 saturated carbocycles. The Morgan fingerprint density at radius 2 is 2.20 bits per heavy atom. The summed E-state index contributed by atoms with van der Waals surface area (Å²) in [5, 5.41) is 0. The minimum Gasteiger partial charge on any atom is -0.461 e. The summed E-state index contributed by atoms with van der Waals surface area (Å²) in [4.78, 5) is 15.4. The molecule has 0 aliphatic carbocycles. The van der Waals surface area contributed by atoms with Crippen molar-refractivity contribution < 1.29 is 18.3 Å². The highest BCUT2D eigenvalue weighted by Crippen LogP contribution is 2.16. The zero-order valence-electron chi connectivity index (χ0n) is 10.8. The first-order valence-corrected chi connectivity index (χ1v) is 5.94. The molecule has 0 amide bonds. The van der Waals surface area contributed by atoms with E-state index in [9.17, 15) is 13.6 Å². The van der Waals surface area contributed by atoms with Crippen LogP contribution in [0.4, 0.5) is 14.6 Å². The van der Waals surface area contributed by atoms with Crippen molar-refractivity contribution in [2.75, 3.05) is 12.3 Å². The third kappa shape index (κ3) is 2.76. The van der Waals surface area contributed by atoms with Crippen LogP contribution in [-0.4, -0.2) is 22.1 Å². The zero-order chi connectivity index (χ0) is 14.7. The van der Waals surface area contributed by atoms with Crippen LogP contribution >= 0.6 is 0 Å². The van der Waals surface area contributed by atoms with Gasteiger partial charge in [-0.15, -0.1) is 0 Å². The first-order chi connectivity index (χ1) is 9.52. The highest BCUT2D eigenvalue weighted by atomic mass is 19.1. The smallest absolute Gasteiger partial charge is 0.360 e. The average Bonchev–Trinajstić information content (AvgIpc) is 2.75. The molecule has 0 radical (unpaired) electrons. The molecular formula is C13H13F2N3O2. The normalized spacial score (nSPS) is 10.6. The number of hydrogen-bond donors (Lipinski definition) is 1. The van der Waals surface area contributed by atoms with E-state index in [0.29, 0.717) is 0 Å². The van der Waals surface area contributed by atoms with Crippen LogP contribution in [0.2, 0.25) is 0 Å². The van der Waals surface area contributed by atoms with Crippen molar-refractivity contribution in [1.82, 2.24) is 9.55 Å². The van der Waals surface area contributed by atoms with Crippen molar-refractivity contribution >= 4 is 11.8 Å². The van der Waals surface area contributed by atoms with Crippen molar-refractivity contribution in [3.63, 3.8) is 0 Å². The van der Waals surface area contributed by atoms with E-state index in [0.717, 1.165) is 12.1 Å². The van der Waals surface area contributed by atoms with Crippen molar-refractivity contribution in [2.45, 2.75) is 13.5 Å². The van der Waals surface area contributed by atoms with Gasteiger partial charge in [0, 0.05) is 11.6 Å². The number of hydrogen-bond acceptors (Lipinski definition) is 4. The number of anilines is 1. The van der Waals surface area contributed by atoms with Crippen LogP contribution in [-0.2, 0) is 11.3 Å². The maximum absolute atomic E-state index is 13.5. The van der Waals surface area contributed by atoms with E-state index in [4.69, 9.17) is 10.5 Å². The highest BCUT2D eigenvalue weighted by Gasteiger charge is 2.17. The number of nitrogen functional groups attached to an aromatic ring is 1. The minimum atomic E-state index is -0.684. The molecule has 0 aliphatic heterocycles. The van der Waals surface area contributed by atoms with E-state index in [1.807, 2.05) is 0 Å². The van der Waals surface area contributed by atoms with Crippen LogP contribution in [0.25, 0.3) is 0 Å². The van der Waals surface area contributed by atoms with Gasteiger partial charge in [-0.2, -0.15) is 0 Å². The number of carbonyl (C=O) groups excluding carboxylic acids is 1. The summed E-state index contributed by atoms with van der Waals surface area (Å²) < 4.78 is 32.5. The molecule has 20 heavy (non-hydrogen) atoms. The first kappa shape index (κ1) is 14.0. The van der Waals surface area contributed by atoms with Gasteiger partial charge in [0.1, 0.15) is 17.5 Å². The van der Waals surface area contributed by atoms with E-state index in [1.54, 1.807) is 6.92 Å². The summed E-state index contributed by atoms with van der Waals surface area (Å²) in [7, 11) is 0. The Labute approximate surface area is 114 Å². The molecule has 0 atom stereocenters. The molecule has 2 N–H and O–H groups in total. The van der Waals surface area contributed by atoms with Crippen LogP contribution in [0.3, 0.4) is 0 Å².